The van der Waals surface area contributed by atoms with E-state index in [9.17, 15) is 10.1 Å². The second kappa shape index (κ2) is 5.61. The lowest BCUT2D eigenvalue weighted by Crippen LogP contribution is -2.54. The molecule has 1 N–H and O–H groups in total. The quantitative estimate of drug-likeness (QED) is 0.860. The molecule has 1 heterocycles. The maximum Gasteiger partial charge on any atom is 0.410 e. The normalized spacial score (nSPS) is 22.2. The van der Waals surface area contributed by atoms with Gasteiger partial charge in [-0.05, 0) is 58.9 Å². The Kier molecular flexibility index (Phi) is 4.24. The fourth-order valence-electron chi connectivity index (χ4n) is 2.39. The summed E-state index contributed by atoms with van der Waals surface area (Å²) in [6, 6.07) is 2.42. The number of rotatable bonds is 3. The zero-order valence-corrected chi connectivity index (χ0v) is 12.7. The van der Waals surface area contributed by atoms with Crippen molar-refractivity contribution in [3.8, 4) is 6.07 Å². The highest BCUT2D eigenvalue weighted by molar-refractivity contribution is 5.68. The van der Waals surface area contributed by atoms with Crippen LogP contribution >= 0.6 is 0 Å². The maximum atomic E-state index is 12.0. The number of hydrogen-bond acceptors (Lipinski definition) is 4. The molecule has 0 unspecified atom stereocenters. The molecule has 1 saturated heterocycles. The number of amides is 1. The molecular weight excluding hydrogens is 254 g/mol. The lowest BCUT2D eigenvalue weighted by Gasteiger charge is -2.38. The number of hydrogen-bond donors (Lipinski definition) is 1. The summed E-state index contributed by atoms with van der Waals surface area (Å²) in [5.74, 6) is 0.754. The standard InChI is InChI=1S/C15H25N3O2/c1-14(2,3)20-13(19)18-8-6-15(11-16,7-9-18)17-10-12-4-5-12/h12,17H,4-10H2,1-3H3. The molecule has 0 aromatic carbocycles. The van der Waals surface area contributed by atoms with Crippen molar-refractivity contribution >= 4 is 6.09 Å². The van der Waals surface area contributed by atoms with Crippen LogP contribution in [0, 0.1) is 17.2 Å². The van der Waals surface area contributed by atoms with E-state index in [4.69, 9.17) is 4.74 Å². The molecule has 1 aliphatic carbocycles. The summed E-state index contributed by atoms with van der Waals surface area (Å²) in [5.41, 5.74) is -0.924. The number of piperidine rings is 1. The summed E-state index contributed by atoms with van der Waals surface area (Å²) in [4.78, 5) is 13.7. The van der Waals surface area contributed by atoms with Crippen molar-refractivity contribution in [3.63, 3.8) is 0 Å². The molecule has 0 radical (unpaired) electrons. The Morgan fingerprint density at radius 3 is 2.45 bits per heavy atom. The second-order valence-corrected chi connectivity index (χ2v) is 6.99. The summed E-state index contributed by atoms with van der Waals surface area (Å²) in [5, 5.41) is 12.9. The number of carbonyl (C=O) groups excluding carboxylic acids is 1. The molecule has 0 aromatic heterocycles. The first-order chi connectivity index (χ1) is 9.34. The van der Waals surface area contributed by atoms with Crippen molar-refractivity contribution < 1.29 is 9.53 Å². The number of likely N-dealkylation sites (tertiary alicyclic amines) is 1. The molecule has 2 fully saturated rings. The molecule has 1 aliphatic heterocycles. The zero-order chi connectivity index (χ0) is 14.8. The highest BCUT2D eigenvalue weighted by atomic mass is 16.6. The first-order valence-corrected chi connectivity index (χ1v) is 7.48. The summed E-state index contributed by atoms with van der Waals surface area (Å²) in [7, 11) is 0. The van der Waals surface area contributed by atoms with E-state index in [1.165, 1.54) is 12.8 Å². The molecule has 112 valence electrons. The van der Waals surface area contributed by atoms with Gasteiger partial charge in [-0.3, -0.25) is 5.32 Å². The molecule has 5 heteroatoms. The number of nitriles is 1. The third kappa shape index (κ3) is 4.11. The summed E-state index contributed by atoms with van der Waals surface area (Å²) < 4.78 is 5.37. The van der Waals surface area contributed by atoms with Gasteiger partial charge in [0.25, 0.3) is 0 Å². The van der Waals surface area contributed by atoms with Gasteiger partial charge in [0.2, 0.25) is 0 Å². The van der Waals surface area contributed by atoms with Gasteiger partial charge in [0.05, 0.1) is 6.07 Å². The van der Waals surface area contributed by atoms with E-state index in [0.717, 1.165) is 12.5 Å². The molecule has 5 nitrogen and oxygen atoms in total. The maximum absolute atomic E-state index is 12.0. The van der Waals surface area contributed by atoms with E-state index < -0.39 is 11.1 Å². The van der Waals surface area contributed by atoms with Crippen molar-refractivity contribution in [2.24, 2.45) is 5.92 Å². The van der Waals surface area contributed by atoms with Crippen LogP contribution in [0.2, 0.25) is 0 Å². The number of nitrogens with zero attached hydrogens (tertiary/aromatic N) is 2. The molecule has 1 saturated carbocycles. The second-order valence-electron chi connectivity index (χ2n) is 6.99. The smallest absolute Gasteiger partial charge is 0.410 e. The van der Waals surface area contributed by atoms with Crippen LogP contribution in [0.5, 0.6) is 0 Å². The fourth-order valence-corrected chi connectivity index (χ4v) is 2.39. The van der Waals surface area contributed by atoms with E-state index in [1.807, 2.05) is 20.8 Å². The van der Waals surface area contributed by atoms with Crippen molar-refractivity contribution in [1.29, 1.82) is 5.26 Å². The molecule has 2 rings (SSSR count). The van der Waals surface area contributed by atoms with Crippen LogP contribution in [0.25, 0.3) is 0 Å². The molecule has 0 spiro atoms. The van der Waals surface area contributed by atoms with Crippen LogP contribution < -0.4 is 5.32 Å². The van der Waals surface area contributed by atoms with E-state index in [0.29, 0.717) is 25.9 Å². The van der Waals surface area contributed by atoms with E-state index in [1.54, 1.807) is 4.90 Å². The van der Waals surface area contributed by atoms with Gasteiger partial charge in [-0.15, -0.1) is 0 Å². The fraction of sp³-hybridized carbons (Fsp3) is 0.867. The van der Waals surface area contributed by atoms with Gasteiger partial charge >= 0.3 is 6.09 Å². The van der Waals surface area contributed by atoms with Gasteiger partial charge in [-0.1, -0.05) is 0 Å². The Bertz CT molecular complexity index is 396. The molecule has 2 aliphatic rings. The van der Waals surface area contributed by atoms with Crippen molar-refractivity contribution in [2.75, 3.05) is 19.6 Å². The van der Waals surface area contributed by atoms with E-state index >= 15 is 0 Å². The SMILES string of the molecule is CC(C)(C)OC(=O)N1CCC(C#N)(NCC2CC2)CC1. The highest BCUT2D eigenvalue weighted by Crippen LogP contribution is 2.30. The number of nitrogens with one attached hydrogen (secondary N) is 1. The van der Waals surface area contributed by atoms with E-state index in [2.05, 4.69) is 11.4 Å². The van der Waals surface area contributed by atoms with E-state index in [-0.39, 0.29) is 6.09 Å². The van der Waals surface area contributed by atoms with Gasteiger partial charge in [0.1, 0.15) is 11.1 Å². The topological polar surface area (TPSA) is 65.4 Å². The average Bonchev–Trinajstić information content (AvgIpc) is 3.19. The third-order valence-electron chi connectivity index (χ3n) is 3.91. The largest absolute Gasteiger partial charge is 0.444 e. The average molecular weight is 279 g/mol. The summed E-state index contributed by atoms with van der Waals surface area (Å²) in [6.45, 7) is 7.70. The van der Waals surface area contributed by atoms with Crippen LogP contribution in [0.4, 0.5) is 4.79 Å². The first kappa shape index (κ1) is 15.1. The molecular formula is C15H25N3O2. The monoisotopic (exact) mass is 279 g/mol. The zero-order valence-electron chi connectivity index (χ0n) is 12.7. The summed E-state index contributed by atoms with van der Waals surface area (Å²) in [6.07, 6.45) is 3.63. The van der Waals surface area contributed by atoms with Gasteiger partial charge in [0.15, 0.2) is 0 Å². The van der Waals surface area contributed by atoms with Crippen molar-refractivity contribution in [1.82, 2.24) is 10.2 Å². The van der Waals surface area contributed by atoms with Crippen LogP contribution in [0.1, 0.15) is 46.5 Å². The predicted octanol–water partition coefficient (Wildman–Crippen LogP) is 2.28. The van der Waals surface area contributed by atoms with Crippen LogP contribution in [0.3, 0.4) is 0 Å². The lowest BCUT2D eigenvalue weighted by molar-refractivity contribution is 0.0174. The minimum Gasteiger partial charge on any atom is -0.444 e. The minimum atomic E-state index is -0.467. The molecule has 0 aromatic rings. The van der Waals surface area contributed by atoms with Crippen molar-refractivity contribution in [2.45, 2.75) is 57.6 Å². The van der Waals surface area contributed by atoms with Crippen LogP contribution in [-0.4, -0.2) is 41.8 Å². The molecule has 0 bridgehead atoms. The van der Waals surface area contributed by atoms with Crippen LogP contribution in [-0.2, 0) is 4.74 Å². The molecule has 0 atom stereocenters. The molecule has 20 heavy (non-hydrogen) atoms. The predicted molar refractivity (Wildman–Crippen MR) is 76.1 cm³/mol. The Morgan fingerprint density at radius 2 is 2.00 bits per heavy atom. The Hall–Kier alpha value is -1.28. The van der Waals surface area contributed by atoms with Gasteiger partial charge < -0.3 is 9.64 Å². The van der Waals surface area contributed by atoms with Gasteiger partial charge in [0, 0.05) is 13.1 Å². The van der Waals surface area contributed by atoms with Crippen LogP contribution in [0.15, 0.2) is 0 Å². The first-order valence-electron chi connectivity index (χ1n) is 7.48. The van der Waals surface area contributed by atoms with Gasteiger partial charge in [-0.2, -0.15) is 5.26 Å². The molecule has 1 amide bonds. The Labute approximate surface area is 121 Å². The third-order valence-corrected chi connectivity index (χ3v) is 3.91. The highest BCUT2D eigenvalue weighted by Gasteiger charge is 2.38. The number of carbonyl (C=O) groups is 1. The minimum absolute atomic E-state index is 0.272. The summed E-state index contributed by atoms with van der Waals surface area (Å²) >= 11 is 0. The Balaban J connectivity index is 1.83. The lowest BCUT2D eigenvalue weighted by atomic mass is 9.89. The Morgan fingerprint density at radius 1 is 1.40 bits per heavy atom. The number of ether oxygens (including phenoxy) is 1. The van der Waals surface area contributed by atoms with Crippen molar-refractivity contribution in [3.05, 3.63) is 0 Å². The van der Waals surface area contributed by atoms with Gasteiger partial charge in [-0.25, -0.2) is 4.79 Å².